The summed E-state index contributed by atoms with van der Waals surface area (Å²) in [6.45, 7) is 0.102. The highest BCUT2D eigenvalue weighted by Crippen LogP contribution is 2.25. The average molecular weight is 222 g/mol. The first-order valence-electron chi connectivity index (χ1n) is 4.76. The highest BCUT2D eigenvalue weighted by Gasteiger charge is 2.09. The van der Waals surface area contributed by atoms with Crippen LogP contribution >= 0.6 is 0 Å². The first-order chi connectivity index (χ1) is 7.67. The zero-order chi connectivity index (χ0) is 11.7. The van der Waals surface area contributed by atoms with E-state index in [2.05, 4.69) is 4.98 Å². The van der Waals surface area contributed by atoms with Gasteiger partial charge in [-0.15, -0.1) is 0 Å². The van der Waals surface area contributed by atoms with Crippen LogP contribution in [-0.4, -0.2) is 12.1 Å². The molecule has 84 valence electrons. The van der Waals surface area contributed by atoms with Crippen LogP contribution in [0.25, 0.3) is 10.9 Å². The minimum Gasteiger partial charge on any atom is -0.496 e. The summed E-state index contributed by atoms with van der Waals surface area (Å²) in [6, 6.07) is 4.31. The summed E-state index contributed by atoms with van der Waals surface area (Å²) >= 11 is 0. The van der Waals surface area contributed by atoms with Gasteiger partial charge in [0.2, 0.25) is 0 Å². The quantitative estimate of drug-likeness (QED) is 0.800. The van der Waals surface area contributed by atoms with E-state index in [9.17, 15) is 9.18 Å². The Labute approximate surface area is 90.8 Å². The number of nitrogens with two attached hydrogens (primary N) is 1. The Bertz CT molecular complexity index is 592. The Kier molecular flexibility index (Phi) is 2.62. The third kappa shape index (κ3) is 1.55. The van der Waals surface area contributed by atoms with E-state index in [4.69, 9.17) is 10.5 Å². The summed E-state index contributed by atoms with van der Waals surface area (Å²) in [7, 11) is 1.49. The van der Waals surface area contributed by atoms with Crippen molar-refractivity contribution in [1.82, 2.24) is 4.98 Å². The highest BCUT2D eigenvalue weighted by molar-refractivity contribution is 5.86. The van der Waals surface area contributed by atoms with Crippen LogP contribution in [0.15, 0.2) is 23.0 Å². The lowest BCUT2D eigenvalue weighted by molar-refractivity contribution is 0.419. The Hall–Kier alpha value is -1.88. The zero-order valence-corrected chi connectivity index (χ0v) is 8.71. The molecule has 0 amide bonds. The second-order valence-electron chi connectivity index (χ2n) is 3.37. The lowest BCUT2D eigenvalue weighted by Gasteiger charge is -2.07. The van der Waals surface area contributed by atoms with Crippen molar-refractivity contribution < 1.29 is 9.13 Å². The highest BCUT2D eigenvalue weighted by atomic mass is 19.1. The third-order valence-corrected chi connectivity index (χ3v) is 2.44. The number of fused-ring (bicyclic) bond motifs is 1. The SMILES string of the molecule is COc1ccc(F)c2[nH]c(=O)c(CN)cc12. The monoisotopic (exact) mass is 222 g/mol. The Balaban J connectivity index is 2.88. The molecule has 0 fully saturated rings. The van der Waals surface area contributed by atoms with Gasteiger partial charge in [-0.25, -0.2) is 4.39 Å². The van der Waals surface area contributed by atoms with Gasteiger partial charge < -0.3 is 15.5 Å². The summed E-state index contributed by atoms with van der Waals surface area (Å²) in [4.78, 5) is 13.9. The summed E-state index contributed by atoms with van der Waals surface area (Å²) in [5, 5.41) is 0.516. The normalized spacial score (nSPS) is 10.7. The van der Waals surface area contributed by atoms with Gasteiger partial charge in [0.25, 0.3) is 5.56 Å². The number of rotatable bonds is 2. The van der Waals surface area contributed by atoms with Crippen molar-refractivity contribution in [3.63, 3.8) is 0 Å². The molecule has 0 atom stereocenters. The molecule has 0 saturated carbocycles. The van der Waals surface area contributed by atoms with E-state index in [1.165, 1.54) is 19.2 Å². The molecule has 0 radical (unpaired) electrons. The van der Waals surface area contributed by atoms with Crippen molar-refractivity contribution in [2.24, 2.45) is 5.73 Å². The number of hydrogen-bond acceptors (Lipinski definition) is 3. The van der Waals surface area contributed by atoms with Crippen LogP contribution in [0.1, 0.15) is 5.56 Å². The molecule has 1 heterocycles. The van der Waals surface area contributed by atoms with E-state index in [1.807, 2.05) is 0 Å². The Morgan fingerprint density at radius 2 is 2.25 bits per heavy atom. The van der Waals surface area contributed by atoms with E-state index in [1.54, 1.807) is 6.07 Å². The number of pyridine rings is 1. The van der Waals surface area contributed by atoms with Crippen LogP contribution in [0, 0.1) is 5.82 Å². The second kappa shape index (κ2) is 3.94. The van der Waals surface area contributed by atoms with Gasteiger partial charge in [0.1, 0.15) is 11.6 Å². The smallest absolute Gasteiger partial charge is 0.253 e. The number of nitrogens with one attached hydrogen (secondary N) is 1. The van der Waals surface area contributed by atoms with Crippen molar-refractivity contribution in [3.05, 3.63) is 39.9 Å². The molecule has 0 aliphatic carbocycles. The number of methoxy groups -OCH3 is 1. The number of ether oxygens (including phenoxy) is 1. The molecule has 1 aromatic carbocycles. The first kappa shape index (κ1) is 10.6. The number of hydrogen-bond donors (Lipinski definition) is 2. The van der Waals surface area contributed by atoms with Gasteiger partial charge in [0.15, 0.2) is 0 Å². The number of aromatic amines is 1. The predicted molar refractivity (Wildman–Crippen MR) is 59.0 cm³/mol. The summed E-state index contributed by atoms with van der Waals surface area (Å²) in [5.41, 5.74) is 5.58. The maximum atomic E-state index is 13.5. The molecule has 5 heteroatoms. The molecule has 1 aromatic heterocycles. The topological polar surface area (TPSA) is 68.1 Å². The lowest BCUT2D eigenvalue weighted by Crippen LogP contribution is -2.16. The molecule has 0 spiro atoms. The molecule has 16 heavy (non-hydrogen) atoms. The van der Waals surface area contributed by atoms with Crippen LogP contribution in [-0.2, 0) is 6.54 Å². The van der Waals surface area contributed by atoms with Crippen molar-refractivity contribution in [3.8, 4) is 5.75 Å². The fourth-order valence-corrected chi connectivity index (χ4v) is 1.61. The van der Waals surface area contributed by atoms with E-state index in [0.717, 1.165) is 0 Å². The molecule has 0 aliphatic rings. The summed E-state index contributed by atoms with van der Waals surface area (Å²) < 4.78 is 18.6. The van der Waals surface area contributed by atoms with Gasteiger partial charge in [0, 0.05) is 17.5 Å². The number of aromatic nitrogens is 1. The van der Waals surface area contributed by atoms with Crippen LogP contribution < -0.4 is 16.0 Å². The van der Waals surface area contributed by atoms with Gasteiger partial charge in [-0.05, 0) is 18.2 Å². The van der Waals surface area contributed by atoms with Crippen molar-refractivity contribution >= 4 is 10.9 Å². The Morgan fingerprint density at radius 1 is 1.50 bits per heavy atom. The minimum atomic E-state index is -0.489. The van der Waals surface area contributed by atoms with E-state index in [0.29, 0.717) is 16.7 Å². The minimum absolute atomic E-state index is 0.102. The van der Waals surface area contributed by atoms with Gasteiger partial charge in [-0.1, -0.05) is 0 Å². The molecular formula is C11H11FN2O2. The van der Waals surface area contributed by atoms with Crippen LogP contribution in [0.3, 0.4) is 0 Å². The van der Waals surface area contributed by atoms with Crippen LogP contribution in [0.2, 0.25) is 0 Å². The number of H-pyrrole nitrogens is 1. The molecular weight excluding hydrogens is 211 g/mol. The fourth-order valence-electron chi connectivity index (χ4n) is 1.61. The molecule has 0 aliphatic heterocycles. The van der Waals surface area contributed by atoms with E-state index >= 15 is 0 Å². The first-order valence-corrected chi connectivity index (χ1v) is 4.76. The number of benzene rings is 1. The largest absolute Gasteiger partial charge is 0.496 e. The van der Waals surface area contributed by atoms with Crippen LogP contribution in [0.5, 0.6) is 5.75 Å². The maximum absolute atomic E-state index is 13.5. The standard InChI is InChI=1S/C11H11FN2O2/c1-16-9-3-2-8(12)10-7(9)4-6(5-13)11(15)14-10/h2-4H,5,13H2,1H3,(H,14,15). The summed E-state index contributed by atoms with van der Waals surface area (Å²) in [5.74, 6) is 0.0128. The molecule has 2 aromatic rings. The molecule has 4 nitrogen and oxygen atoms in total. The van der Waals surface area contributed by atoms with E-state index < -0.39 is 5.82 Å². The van der Waals surface area contributed by atoms with E-state index in [-0.39, 0.29) is 17.6 Å². The lowest BCUT2D eigenvalue weighted by atomic mass is 10.1. The predicted octanol–water partition coefficient (Wildman–Crippen LogP) is 1.13. The maximum Gasteiger partial charge on any atom is 0.253 e. The third-order valence-electron chi connectivity index (χ3n) is 2.44. The fraction of sp³-hybridized carbons (Fsp3) is 0.182. The van der Waals surface area contributed by atoms with Crippen molar-refractivity contribution in [1.29, 1.82) is 0 Å². The zero-order valence-electron chi connectivity index (χ0n) is 8.71. The average Bonchev–Trinajstić information content (AvgIpc) is 2.30. The molecule has 3 N–H and O–H groups in total. The molecule has 0 bridgehead atoms. The molecule has 2 rings (SSSR count). The number of halogens is 1. The summed E-state index contributed by atoms with van der Waals surface area (Å²) in [6.07, 6.45) is 0. The van der Waals surface area contributed by atoms with Crippen molar-refractivity contribution in [2.45, 2.75) is 6.54 Å². The van der Waals surface area contributed by atoms with Gasteiger partial charge in [-0.3, -0.25) is 4.79 Å². The molecule has 0 unspecified atom stereocenters. The Morgan fingerprint density at radius 3 is 2.88 bits per heavy atom. The van der Waals surface area contributed by atoms with Crippen LogP contribution in [0.4, 0.5) is 4.39 Å². The van der Waals surface area contributed by atoms with Gasteiger partial charge in [0.05, 0.1) is 12.6 Å². The van der Waals surface area contributed by atoms with Gasteiger partial charge in [-0.2, -0.15) is 0 Å². The van der Waals surface area contributed by atoms with Gasteiger partial charge >= 0.3 is 0 Å². The molecule has 0 saturated heterocycles. The van der Waals surface area contributed by atoms with Crippen molar-refractivity contribution in [2.75, 3.05) is 7.11 Å². The second-order valence-corrected chi connectivity index (χ2v) is 3.37.